The zero-order chi connectivity index (χ0) is 14.1. The standard InChI is InChI=1S/C14H29N3O2/c1-4-6-9-19-13(18)10-16-12-17(5-2)14(3)7-8-15-11-14/h15-16H,4-12H2,1-3H3. The number of carbonyl (C=O) groups excluding carboxylic acids is 1. The molecule has 1 atom stereocenters. The van der Waals surface area contributed by atoms with Crippen LogP contribution in [0.15, 0.2) is 0 Å². The number of nitrogens with one attached hydrogen (secondary N) is 2. The zero-order valence-electron chi connectivity index (χ0n) is 12.6. The van der Waals surface area contributed by atoms with Crippen LogP contribution in [-0.4, -0.2) is 55.9 Å². The third-order valence-electron chi connectivity index (χ3n) is 3.82. The Kier molecular flexibility index (Phi) is 7.34. The summed E-state index contributed by atoms with van der Waals surface area (Å²) in [7, 11) is 0. The molecule has 1 unspecified atom stereocenters. The first-order valence-electron chi connectivity index (χ1n) is 7.44. The Morgan fingerprint density at radius 1 is 1.47 bits per heavy atom. The van der Waals surface area contributed by atoms with Crippen molar-refractivity contribution in [1.29, 1.82) is 0 Å². The maximum absolute atomic E-state index is 11.5. The van der Waals surface area contributed by atoms with Gasteiger partial charge in [0, 0.05) is 18.8 Å². The van der Waals surface area contributed by atoms with Gasteiger partial charge in [-0.3, -0.25) is 15.0 Å². The zero-order valence-corrected chi connectivity index (χ0v) is 12.6. The minimum absolute atomic E-state index is 0.154. The molecule has 0 spiro atoms. The first-order valence-corrected chi connectivity index (χ1v) is 7.44. The molecule has 0 aromatic carbocycles. The van der Waals surface area contributed by atoms with Crippen LogP contribution in [0, 0.1) is 0 Å². The molecule has 0 bridgehead atoms. The van der Waals surface area contributed by atoms with E-state index in [9.17, 15) is 4.79 Å². The van der Waals surface area contributed by atoms with Crippen molar-refractivity contribution >= 4 is 5.97 Å². The van der Waals surface area contributed by atoms with E-state index >= 15 is 0 Å². The molecule has 0 aromatic heterocycles. The van der Waals surface area contributed by atoms with Gasteiger partial charge in [-0.15, -0.1) is 0 Å². The lowest BCUT2D eigenvalue weighted by atomic mass is 9.99. The molecular formula is C14H29N3O2. The molecule has 1 aliphatic heterocycles. The molecule has 1 saturated heterocycles. The van der Waals surface area contributed by atoms with Crippen LogP contribution in [0.25, 0.3) is 0 Å². The van der Waals surface area contributed by atoms with Crippen LogP contribution in [0.3, 0.4) is 0 Å². The minimum atomic E-state index is -0.154. The predicted octanol–water partition coefficient (Wildman–Crippen LogP) is 0.951. The van der Waals surface area contributed by atoms with E-state index in [0.29, 0.717) is 13.2 Å². The van der Waals surface area contributed by atoms with Gasteiger partial charge in [-0.05, 0) is 32.9 Å². The lowest BCUT2D eigenvalue weighted by molar-refractivity contribution is -0.142. The highest BCUT2D eigenvalue weighted by atomic mass is 16.5. The van der Waals surface area contributed by atoms with Gasteiger partial charge >= 0.3 is 5.97 Å². The fourth-order valence-electron chi connectivity index (χ4n) is 2.43. The molecule has 5 heteroatoms. The van der Waals surface area contributed by atoms with E-state index in [0.717, 1.165) is 45.6 Å². The second-order valence-electron chi connectivity index (χ2n) is 5.44. The van der Waals surface area contributed by atoms with Gasteiger partial charge in [0.05, 0.1) is 13.2 Å². The lowest BCUT2D eigenvalue weighted by Gasteiger charge is -2.37. The molecule has 0 aromatic rings. The van der Waals surface area contributed by atoms with Crippen molar-refractivity contribution in [2.24, 2.45) is 0 Å². The minimum Gasteiger partial charge on any atom is -0.465 e. The van der Waals surface area contributed by atoms with Gasteiger partial charge in [0.1, 0.15) is 0 Å². The second-order valence-corrected chi connectivity index (χ2v) is 5.44. The van der Waals surface area contributed by atoms with Gasteiger partial charge in [0.2, 0.25) is 0 Å². The third kappa shape index (κ3) is 5.47. The molecule has 112 valence electrons. The number of esters is 1. The lowest BCUT2D eigenvalue weighted by Crippen LogP contribution is -2.52. The molecule has 1 rings (SSSR count). The van der Waals surface area contributed by atoms with Crippen LogP contribution in [0.5, 0.6) is 0 Å². The average Bonchev–Trinajstić information content (AvgIpc) is 2.83. The quantitative estimate of drug-likeness (QED) is 0.371. The number of hydrogen-bond donors (Lipinski definition) is 2. The summed E-state index contributed by atoms with van der Waals surface area (Å²) in [6.07, 6.45) is 3.15. The number of rotatable bonds is 9. The van der Waals surface area contributed by atoms with E-state index in [4.69, 9.17) is 4.74 Å². The summed E-state index contributed by atoms with van der Waals surface area (Å²) in [5.74, 6) is -0.154. The molecule has 0 saturated carbocycles. The van der Waals surface area contributed by atoms with E-state index in [1.165, 1.54) is 0 Å². The summed E-state index contributed by atoms with van der Waals surface area (Å²) in [6, 6.07) is 0. The van der Waals surface area contributed by atoms with Crippen LogP contribution in [0.1, 0.15) is 40.0 Å². The third-order valence-corrected chi connectivity index (χ3v) is 3.82. The fourth-order valence-corrected chi connectivity index (χ4v) is 2.43. The molecule has 1 heterocycles. The van der Waals surface area contributed by atoms with Gasteiger partial charge in [0.25, 0.3) is 0 Å². The Balaban J connectivity index is 2.20. The van der Waals surface area contributed by atoms with Crippen LogP contribution in [-0.2, 0) is 9.53 Å². The molecule has 0 amide bonds. The van der Waals surface area contributed by atoms with Gasteiger partial charge in [-0.25, -0.2) is 0 Å². The maximum atomic E-state index is 11.5. The van der Waals surface area contributed by atoms with Gasteiger partial charge in [0.15, 0.2) is 0 Å². The Hall–Kier alpha value is -0.650. The summed E-state index contributed by atoms with van der Waals surface area (Å²) in [5.41, 5.74) is 0.202. The largest absolute Gasteiger partial charge is 0.465 e. The van der Waals surface area contributed by atoms with Crippen molar-refractivity contribution in [1.82, 2.24) is 15.5 Å². The van der Waals surface area contributed by atoms with E-state index in [1.807, 2.05) is 0 Å². The van der Waals surface area contributed by atoms with Crippen molar-refractivity contribution < 1.29 is 9.53 Å². The maximum Gasteiger partial charge on any atom is 0.319 e. The second kappa shape index (κ2) is 8.51. The highest BCUT2D eigenvalue weighted by Gasteiger charge is 2.33. The summed E-state index contributed by atoms with van der Waals surface area (Å²) < 4.78 is 5.12. The molecule has 0 radical (unpaired) electrons. The van der Waals surface area contributed by atoms with Crippen LogP contribution < -0.4 is 10.6 Å². The van der Waals surface area contributed by atoms with Crippen LogP contribution in [0.4, 0.5) is 0 Å². The summed E-state index contributed by atoms with van der Waals surface area (Å²) >= 11 is 0. The highest BCUT2D eigenvalue weighted by molar-refractivity contribution is 5.71. The first-order chi connectivity index (χ1) is 9.12. The molecule has 5 nitrogen and oxygen atoms in total. The fraction of sp³-hybridized carbons (Fsp3) is 0.929. The number of hydrogen-bond acceptors (Lipinski definition) is 5. The summed E-state index contributed by atoms with van der Waals surface area (Å²) in [5, 5.41) is 6.59. The van der Waals surface area contributed by atoms with E-state index < -0.39 is 0 Å². The number of likely N-dealkylation sites (N-methyl/N-ethyl adjacent to an activating group) is 1. The van der Waals surface area contributed by atoms with Crippen LogP contribution >= 0.6 is 0 Å². The Morgan fingerprint density at radius 2 is 2.26 bits per heavy atom. The van der Waals surface area contributed by atoms with E-state index in [1.54, 1.807) is 0 Å². The summed E-state index contributed by atoms with van der Waals surface area (Å²) in [6.45, 7) is 11.2. The smallest absolute Gasteiger partial charge is 0.319 e. The van der Waals surface area contributed by atoms with Crippen LogP contribution in [0.2, 0.25) is 0 Å². The average molecular weight is 271 g/mol. The monoisotopic (exact) mass is 271 g/mol. The topological polar surface area (TPSA) is 53.6 Å². The Bertz CT molecular complexity index is 265. The molecule has 0 aliphatic carbocycles. The molecule has 1 aliphatic rings. The summed E-state index contributed by atoms with van der Waals surface area (Å²) in [4.78, 5) is 13.9. The molecule has 2 N–H and O–H groups in total. The van der Waals surface area contributed by atoms with Crippen molar-refractivity contribution in [3.05, 3.63) is 0 Å². The van der Waals surface area contributed by atoms with Gasteiger partial charge in [-0.2, -0.15) is 0 Å². The Morgan fingerprint density at radius 3 is 2.84 bits per heavy atom. The number of ether oxygens (including phenoxy) is 1. The van der Waals surface area contributed by atoms with Crippen molar-refractivity contribution in [3.8, 4) is 0 Å². The Labute approximate surface area is 117 Å². The number of unbranched alkanes of at least 4 members (excludes halogenated alkanes) is 1. The normalized spacial score (nSPS) is 22.9. The van der Waals surface area contributed by atoms with Gasteiger partial charge in [-0.1, -0.05) is 20.3 Å². The molecule has 19 heavy (non-hydrogen) atoms. The van der Waals surface area contributed by atoms with E-state index in [2.05, 4.69) is 36.3 Å². The number of nitrogens with zero attached hydrogens (tertiary/aromatic N) is 1. The SMILES string of the molecule is CCCCOC(=O)CNCN(CC)C1(C)CCNC1. The predicted molar refractivity (Wildman–Crippen MR) is 77.0 cm³/mol. The van der Waals surface area contributed by atoms with E-state index in [-0.39, 0.29) is 11.5 Å². The first kappa shape index (κ1) is 16.4. The number of carbonyl (C=O) groups is 1. The molecule has 1 fully saturated rings. The van der Waals surface area contributed by atoms with Crippen molar-refractivity contribution in [3.63, 3.8) is 0 Å². The van der Waals surface area contributed by atoms with Crippen molar-refractivity contribution in [2.45, 2.75) is 45.6 Å². The highest BCUT2D eigenvalue weighted by Crippen LogP contribution is 2.21. The van der Waals surface area contributed by atoms with Gasteiger partial charge < -0.3 is 10.1 Å². The molecular weight excluding hydrogens is 242 g/mol. The van der Waals surface area contributed by atoms with Crippen molar-refractivity contribution in [2.75, 3.05) is 39.5 Å².